The second-order valence-corrected chi connectivity index (χ2v) is 5.95. The molecule has 138 valence electrons. The summed E-state index contributed by atoms with van der Waals surface area (Å²) in [4.78, 5) is 11.9. The number of H-pyrrole nitrogens is 1. The van der Waals surface area contributed by atoms with Crippen molar-refractivity contribution in [1.82, 2.24) is 15.0 Å². The van der Waals surface area contributed by atoms with Crippen LogP contribution in [0.15, 0.2) is 73.2 Å². The normalized spacial score (nSPS) is 11.9. The number of benzene rings is 1. The van der Waals surface area contributed by atoms with Crippen molar-refractivity contribution in [3.63, 3.8) is 0 Å². The summed E-state index contributed by atoms with van der Waals surface area (Å²) in [5.41, 5.74) is 4.00. The van der Waals surface area contributed by atoms with Crippen molar-refractivity contribution in [2.24, 2.45) is 0 Å². The average molecular weight is 360 g/mol. The lowest BCUT2D eigenvalue weighted by Gasteiger charge is -2.09. The van der Waals surface area contributed by atoms with Crippen LogP contribution in [0.5, 0.6) is 5.75 Å². The molecule has 0 bridgehead atoms. The molecule has 0 radical (unpaired) electrons. The van der Waals surface area contributed by atoms with Gasteiger partial charge in [-0.25, -0.2) is 9.97 Å². The fraction of sp³-hybridized carbons (Fsp3) is 0.182. The van der Waals surface area contributed by atoms with Crippen LogP contribution in [0, 0.1) is 0 Å². The fourth-order valence-electron chi connectivity index (χ4n) is 2.83. The first-order chi connectivity index (χ1) is 13.3. The number of ether oxygens (including phenoxy) is 1. The summed E-state index contributed by atoms with van der Waals surface area (Å²) in [6, 6.07) is 8.06. The quantitative estimate of drug-likeness (QED) is 0.547. The van der Waals surface area contributed by atoms with Gasteiger partial charge in [-0.05, 0) is 37.1 Å². The molecule has 2 aromatic heterocycles. The van der Waals surface area contributed by atoms with E-state index in [0.29, 0.717) is 6.61 Å². The second kappa shape index (κ2) is 8.85. The van der Waals surface area contributed by atoms with Crippen LogP contribution in [-0.2, 0) is 0 Å². The maximum Gasteiger partial charge on any atom is 0.143 e. The van der Waals surface area contributed by atoms with Gasteiger partial charge >= 0.3 is 0 Å². The molecule has 1 aromatic carbocycles. The Balaban J connectivity index is 1.89. The van der Waals surface area contributed by atoms with Gasteiger partial charge in [0, 0.05) is 18.3 Å². The smallest absolute Gasteiger partial charge is 0.143 e. The molecule has 0 aliphatic heterocycles. The molecule has 0 unspecified atom stereocenters. The van der Waals surface area contributed by atoms with Gasteiger partial charge < -0.3 is 15.0 Å². The average Bonchev–Trinajstić information content (AvgIpc) is 3.14. The first-order valence-electron chi connectivity index (χ1n) is 9.00. The van der Waals surface area contributed by atoms with Crippen molar-refractivity contribution in [2.75, 3.05) is 18.5 Å². The molecule has 3 aromatic rings. The van der Waals surface area contributed by atoms with Gasteiger partial charge in [0.15, 0.2) is 0 Å². The minimum absolute atomic E-state index is 0.504. The first-order valence-corrected chi connectivity index (χ1v) is 9.00. The Morgan fingerprint density at radius 1 is 1.33 bits per heavy atom. The lowest BCUT2D eigenvalue weighted by atomic mass is 10.1. The standard InChI is InChI=1S/C22H24N4O/c1-4-7-9-16(5-2)14-27-18-11-8-10-17(12-18)19-13-24-22-20(19)21(23-6-3)25-15-26-22/h4-5,7-13,15H,1,6,14H2,2-3H3,(H2,23,24,25,26). The van der Waals surface area contributed by atoms with Crippen LogP contribution in [-0.4, -0.2) is 28.1 Å². The zero-order valence-electron chi connectivity index (χ0n) is 15.7. The molecule has 2 heterocycles. The summed E-state index contributed by atoms with van der Waals surface area (Å²) >= 11 is 0. The molecular weight excluding hydrogens is 336 g/mol. The topological polar surface area (TPSA) is 62.8 Å². The van der Waals surface area contributed by atoms with Crippen LogP contribution in [0.4, 0.5) is 5.82 Å². The largest absolute Gasteiger partial charge is 0.489 e. The number of rotatable bonds is 8. The maximum atomic E-state index is 5.97. The molecule has 3 rings (SSSR count). The predicted octanol–water partition coefficient (Wildman–Crippen LogP) is 5.12. The Bertz CT molecular complexity index is 985. The molecule has 0 spiro atoms. The van der Waals surface area contributed by atoms with E-state index in [1.807, 2.05) is 56.5 Å². The summed E-state index contributed by atoms with van der Waals surface area (Å²) in [6.07, 6.45) is 11.2. The SMILES string of the molecule is C=CC=CC(=CC)COc1cccc(-c2c[nH]c3ncnc(NCC)c23)c1. The van der Waals surface area contributed by atoms with Gasteiger partial charge in [0.25, 0.3) is 0 Å². The number of nitrogens with one attached hydrogen (secondary N) is 2. The highest BCUT2D eigenvalue weighted by Gasteiger charge is 2.12. The number of aromatic nitrogens is 3. The molecule has 0 aliphatic carbocycles. The van der Waals surface area contributed by atoms with Gasteiger partial charge in [0.1, 0.15) is 30.1 Å². The maximum absolute atomic E-state index is 5.97. The van der Waals surface area contributed by atoms with E-state index in [1.165, 1.54) is 0 Å². The van der Waals surface area contributed by atoms with Gasteiger partial charge in [-0.2, -0.15) is 0 Å². The highest BCUT2D eigenvalue weighted by Crippen LogP contribution is 2.33. The number of allylic oxidation sites excluding steroid dienone is 3. The molecular formula is C22H24N4O. The van der Waals surface area contributed by atoms with E-state index in [2.05, 4.69) is 32.9 Å². The van der Waals surface area contributed by atoms with E-state index in [0.717, 1.165) is 45.8 Å². The third-order valence-electron chi connectivity index (χ3n) is 4.18. The van der Waals surface area contributed by atoms with Crippen LogP contribution < -0.4 is 10.1 Å². The lowest BCUT2D eigenvalue weighted by molar-refractivity contribution is 0.355. The van der Waals surface area contributed by atoms with Gasteiger partial charge in [0.05, 0.1) is 5.39 Å². The monoisotopic (exact) mass is 360 g/mol. The van der Waals surface area contributed by atoms with Crippen molar-refractivity contribution in [2.45, 2.75) is 13.8 Å². The Morgan fingerprint density at radius 2 is 2.22 bits per heavy atom. The fourth-order valence-corrected chi connectivity index (χ4v) is 2.83. The molecule has 0 saturated carbocycles. The molecule has 0 saturated heterocycles. The van der Waals surface area contributed by atoms with E-state index in [4.69, 9.17) is 4.74 Å². The highest BCUT2D eigenvalue weighted by atomic mass is 16.5. The van der Waals surface area contributed by atoms with Crippen molar-refractivity contribution in [3.05, 3.63) is 73.2 Å². The van der Waals surface area contributed by atoms with E-state index in [9.17, 15) is 0 Å². The van der Waals surface area contributed by atoms with Crippen molar-refractivity contribution in [1.29, 1.82) is 0 Å². The van der Waals surface area contributed by atoms with Crippen molar-refractivity contribution < 1.29 is 4.74 Å². The lowest BCUT2D eigenvalue weighted by Crippen LogP contribution is -2.00. The zero-order chi connectivity index (χ0) is 19.1. The number of nitrogens with zero attached hydrogens (tertiary/aromatic N) is 2. The summed E-state index contributed by atoms with van der Waals surface area (Å²) < 4.78 is 5.97. The number of anilines is 1. The number of aromatic amines is 1. The van der Waals surface area contributed by atoms with Gasteiger partial charge in [0.2, 0.25) is 0 Å². The molecule has 0 fully saturated rings. The number of hydrogen-bond donors (Lipinski definition) is 2. The zero-order valence-corrected chi connectivity index (χ0v) is 15.7. The van der Waals surface area contributed by atoms with Gasteiger partial charge in [-0.3, -0.25) is 0 Å². The highest BCUT2D eigenvalue weighted by molar-refractivity contribution is 6.00. The van der Waals surface area contributed by atoms with E-state index < -0.39 is 0 Å². The molecule has 2 N–H and O–H groups in total. The Morgan fingerprint density at radius 3 is 3.00 bits per heavy atom. The molecule has 0 amide bonds. The first kappa shape index (κ1) is 18.5. The van der Waals surface area contributed by atoms with Gasteiger partial charge in [-0.15, -0.1) is 0 Å². The Labute approximate surface area is 159 Å². The minimum Gasteiger partial charge on any atom is -0.489 e. The Hall–Kier alpha value is -3.34. The van der Waals surface area contributed by atoms with Crippen LogP contribution in [0.3, 0.4) is 0 Å². The second-order valence-electron chi connectivity index (χ2n) is 5.95. The van der Waals surface area contributed by atoms with Crippen molar-refractivity contribution >= 4 is 16.9 Å². The molecule has 5 nitrogen and oxygen atoms in total. The third kappa shape index (κ3) is 4.26. The third-order valence-corrected chi connectivity index (χ3v) is 4.18. The Kier molecular flexibility index (Phi) is 6.05. The minimum atomic E-state index is 0.504. The van der Waals surface area contributed by atoms with E-state index >= 15 is 0 Å². The van der Waals surface area contributed by atoms with E-state index in [1.54, 1.807) is 12.4 Å². The predicted molar refractivity (Wildman–Crippen MR) is 112 cm³/mol. The number of hydrogen-bond acceptors (Lipinski definition) is 4. The summed E-state index contributed by atoms with van der Waals surface area (Å²) in [7, 11) is 0. The number of fused-ring (bicyclic) bond motifs is 1. The van der Waals surface area contributed by atoms with Gasteiger partial charge in [-0.1, -0.05) is 43.0 Å². The van der Waals surface area contributed by atoms with E-state index in [-0.39, 0.29) is 0 Å². The summed E-state index contributed by atoms with van der Waals surface area (Å²) in [6.45, 7) is 9.04. The summed E-state index contributed by atoms with van der Waals surface area (Å²) in [5.74, 6) is 1.64. The van der Waals surface area contributed by atoms with Crippen LogP contribution in [0.1, 0.15) is 13.8 Å². The molecule has 27 heavy (non-hydrogen) atoms. The molecule has 5 heteroatoms. The van der Waals surface area contributed by atoms with Crippen molar-refractivity contribution in [3.8, 4) is 16.9 Å². The van der Waals surface area contributed by atoms with Crippen LogP contribution in [0.2, 0.25) is 0 Å². The summed E-state index contributed by atoms with van der Waals surface area (Å²) in [5, 5.41) is 4.29. The molecule has 0 atom stereocenters. The van der Waals surface area contributed by atoms with Crippen LogP contribution in [0.25, 0.3) is 22.2 Å². The van der Waals surface area contributed by atoms with Crippen LogP contribution >= 0.6 is 0 Å². The molecule has 0 aliphatic rings.